The van der Waals surface area contributed by atoms with Gasteiger partial charge in [0, 0.05) is 27.9 Å². The summed E-state index contributed by atoms with van der Waals surface area (Å²) >= 11 is 7.65. The van der Waals surface area contributed by atoms with Crippen molar-refractivity contribution in [2.24, 2.45) is 0 Å². The summed E-state index contributed by atoms with van der Waals surface area (Å²) in [7, 11) is 0. The van der Waals surface area contributed by atoms with Crippen molar-refractivity contribution in [2.75, 3.05) is 0 Å². The molecule has 0 aliphatic carbocycles. The zero-order chi connectivity index (χ0) is 11.1. The number of benzene rings is 1. The van der Waals surface area contributed by atoms with Crippen LogP contribution in [0.2, 0.25) is 5.02 Å². The molecular weight excluding hydrogens is 240 g/mol. The summed E-state index contributed by atoms with van der Waals surface area (Å²) < 4.78 is 2.05. The molecular formula is C12H9ClN2S. The molecule has 80 valence electrons. The normalized spacial score (nSPS) is 11.1. The van der Waals surface area contributed by atoms with Gasteiger partial charge in [-0.05, 0) is 19.1 Å². The van der Waals surface area contributed by atoms with Crippen molar-refractivity contribution in [3.8, 4) is 11.3 Å². The van der Waals surface area contributed by atoms with Gasteiger partial charge in [-0.2, -0.15) is 0 Å². The van der Waals surface area contributed by atoms with Gasteiger partial charge >= 0.3 is 0 Å². The molecule has 2 aromatic heterocycles. The van der Waals surface area contributed by atoms with E-state index < -0.39 is 0 Å². The molecule has 3 rings (SSSR count). The highest BCUT2D eigenvalue weighted by Crippen LogP contribution is 2.25. The summed E-state index contributed by atoms with van der Waals surface area (Å²) in [6.07, 6.45) is 4.12. The van der Waals surface area contributed by atoms with Crippen LogP contribution in [0, 0.1) is 6.92 Å². The minimum atomic E-state index is 0.741. The van der Waals surface area contributed by atoms with Crippen molar-refractivity contribution in [1.29, 1.82) is 0 Å². The zero-order valence-electron chi connectivity index (χ0n) is 8.64. The lowest BCUT2D eigenvalue weighted by Crippen LogP contribution is -1.76. The van der Waals surface area contributed by atoms with E-state index in [0.717, 1.165) is 21.2 Å². The third-order valence-electron chi connectivity index (χ3n) is 2.39. The standard InChI is InChI=1S/C12H9ClN2S/c1-8-6-15-7-11(14-12(15)16-8)9-3-2-4-10(13)5-9/h2-7H,1H3. The fourth-order valence-electron chi connectivity index (χ4n) is 1.70. The van der Waals surface area contributed by atoms with Gasteiger partial charge in [0.25, 0.3) is 0 Å². The van der Waals surface area contributed by atoms with E-state index >= 15 is 0 Å². The lowest BCUT2D eigenvalue weighted by Gasteiger charge is -1.95. The Balaban J connectivity index is 2.15. The molecule has 0 aliphatic rings. The van der Waals surface area contributed by atoms with Gasteiger partial charge in [-0.1, -0.05) is 23.7 Å². The first-order valence-electron chi connectivity index (χ1n) is 4.93. The fraction of sp³-hybridized carbons (Fsp3) is 0.0833. The molecule has 0 fully saturated rings. The highest BCUT2D eigenvalue weighted by atomic mass is 35.5. The number of nitrogens with zero attached hydrogens (tertiary/aromatic N) is 2. The van der Waals surface area contributed by atoms with Crippen LogP contribution < -0.4 is 0 Å². The number of thiazole rings is 1. The van der Waals surface area contributed by atoms with Gasteiger partial charge in [-0.25, -0.2) is 4.98 Å². The Morgan fingerprint density at radius 3 is 2.94 bits per heavy atom. The Morgan fingerprint density at radius 1 is 1.31 bits per heavy atom. The quantitative estimate of drug-likeness (QED) is 0.636. The number of imidazole rings is 1. The molecule has 0 aliphatic heterocycles. The molecule has 2 heterocycles. The van der Waals surface area contributed by atoms with Gasteiger partial charge in [0.05, 0.1) is 5.69 Å². The minimum Gasteiger partial charge on any atom is -0.297 e. The summed E-state index contributed by atoms with van der Waals surface area (Å²) in [4.78, 5) is 6.85. The van der Waals surface area contributed by atoms with Crippen LogP contribution in [0.25, 0.3) is 16.2 Å². The fourth-order valence-corrected chi connectivity index (χ4v) is 2.70. The van der Waals surface area contributed by atoms with Gasteiger partial charge in [0.2, 0.25) is 0 Å². The average Bonchev–Trinajstić information content (AvgIpc) is 2.74. The van der Waals surface area contributed by atoms with E-state index in [1.165, 1.54) is 4.88 Å². The van der Waals surface area contributed by atoms with Crippen molar-refractivity contribution in [3.63, 3.8) is 0 Å². The van der Waals surface area contributed by atoms with Crippen LogP contribution in [0.4, 0.5) is 0 Å². The topological polar surface area (TPSA) is 17.3 Å². The van der Waals surface area contributed by atoms with Crippen LogP contribution in [0.15, 0.2) is 36.7 Å². The van der Waals surface area contributed by atoms with E-state index in [1.807, 2.05) is 30.5 Å². The van der Waals surface area contributed by atoms with E-state index in [2.05, 4.69) is 22.5 Å². The summed E-state index contributed by atoms with van der Waals surface area (Å²) in [5, 5.41) is 0.741. The number of hydrogen-bond acceptors (Lipinski definition) is 2. The Morgan fingerprint density at radius 2 is 2.19 bits per heavy atom. The van der Waals surface area contributed by atoms with E-state index in [9.17, 15) is 0 Å². The maximum atomic E-state index is 5.96. The van der Waals surface area contributed by atoms with Crippen LogP contribution >= 0.6 is 22.9 Å². The number of fused-ring (bicyclic) bond motifs is 1. The zero-order valence-corrected chi connectivity index (χ0v) is 10.2. The number of rotatable bonds is 1. The number of hydrogen-bond donors (Lipinski definition) is 0. The van der Waals surface area contributed by atoms with Gasteiger partial charge in [-0.3, -0.25) is 4.40 Å². The lowest BCUT2D eigenvalue weighted by atomic mass is 10.2. The first kappa shape index (κ1) is 9.87. The van der Waals surface area contributed by atoms with Crippen LogP contribution in [0.3, 0.4) is 0 Å². The summed E-state index contributed by atoms with van der Waals surface area (Å²) in [5.41, 5.74) is 2.02. The molecule has 0 saturated carbocycles. The molecule has 0 atom stereocenters. The Labute approximate surface area is 102 Å². The molecule has 0 amide bonds. The maximum absolute atomic E-state index is 5.96. The van der Waals surface area contributed by atoms with E-state index in [0.29, 0.717) is 0 Å². The Bertz CT molecular complexity index is 622. The molecule has 0 spiro atoms. The molecule has 0 radical (unpaired) electrons. The number of aromatic nitrogens is 2. The van der Waals surface area contributed by atoms with E-state index in [1.54, 1.807) is 11.3 Å². The van der Waals surface area contributed by atoms with Crippen molar-refractivity contribution >= 4 is 27.9 Å². The largest absolute Gasteiger partial charge is 0.297 e. The van der Waals surface area contributed by atoms with Crippen LogP contribution in [-0.2, 0) is 0 Å². The molecule has 2 nitrogen and oxygen atoms in total. The van der Waals surface area contributed by atoms with Crippen LogP contribution in [-0.4, -0.2) is 9.38 Å². The van der Waals surface area contributed by atoms with E-state index in [-0.39, 0.29) is 0 Å². The minimum absolute atomic E-state index is 0.741. The molecule has 1 aromatic carbocycles. The highest BCUT2D eigenvalue weighted by molar-refractivity contribution is 7.17. The Hall–Kier alpha value is -1.32. The number of aryl methyl sites for hydroxylation is 1. The van der Waals surface area contributed by atoms with Crippen LogP contribution in [0.5, 0.6) is 0 Å². The monoisotopic (exact) mass is 248 g/mol. The van der Waals surface area contributed by atoms with Crippen LogP contribution in [0.1, 0.15) is 4.88 Å². The number of halogens is 1. The van der Waals surface area contributed by atoms with Gasteiger partial charge < -0.3 is 0 Å². The second-order valence-electron chi connectivity index (χ2n) is 3.67. The predicted molar refractivity (Wildman–Crippen MR) is 68.3 cm³/mol. The molecule has 16 heavy (non-hydrogen) atoms. The second kappa shape index (κ2) is 3.61. The average molecular weight is 249 g/mol. The smallest absolute Gasteiger partial charge is 0.194 e. The predicted octanol–water partition coefficient (Wildman–Crippen LogP) is 4.02. The SMILES string of the molecule is Cc1cn2cc(-c3cccc(Cl)c3)nc2s1. The molecule has 0 unspecified atom stereocenters. The first-order valence-corrected chi connectivity index (χ1v) is 6.13. The van der Waals surface area contributed by atoms with E-state index in [4.69, 9.17) is 11.6 Å². The third kappa shape index (κ3) is 1.62. The highest BCUT2D eigenvalue weighted by Gasteiger charge is 2.06. The molecule has 4 heteroatoms. The maximum Gasteiger partial charge on any atom is 0.194 e. The Kier molecular flexibility index (Phi) is 2.23. The third-order valence-corrected chi connectivity index (χ3v) is 3.54. The van der Waals surface area contributed by atoms with Gasteiger partial charge in [0.15, 0.2) is 4.96 Å². The van der Waals surface area contributed by atoms with Gasteiger partial charge in [-0.15, -0.1) is 11.3 Å². The second-order valence-corrected chi connectivity index (χ2v) is 5.32. The summed E-state index contributed by atoms with van der Waals surface area (Å²) in [6, 6.07) is 7.76. The molecule has 3 aromatic rings. The van der Waals surface area contributed by atoms with Crippen molar-refractivity contribution < 1.29 is 0 Å². The first-order chi connectivity index (χ1) is 7.72. The lowest BCUT2D eigenvalue weighted by molar-refractivity contribution is 1.22. The van der Waals surface area contributed by atoms with Crippen molar-refractivity contribution in [2.45, 2.75) is 6.92 Å². The van der Waals surface area contributed by atoms with Crippen molar-refractivity contribution in [3.05, 3.63) is 46.6 Å². The summed E-state index contributed by atoms with van der Waals surface area (Å²) in [5.74, 6) is 0. The van der Waals surface area contributed by atoms with Gasteiger partial charge in [0.1, 0.15) is 0 Å². The molecule has 0 N–H and O–H groups in total. The summed E-state index contributed by atoms with van der Waals surface area (Å²) in [6.45, 7) is 2.08. The van der Waals surface area contributed by atoms with Crippen molar-refractivity contribution in [1.82, 2.24) is 9.38 Å². The molecule has 0 bridgehead atoms. The molecule has 0 saturated heterocycles.